The molecule has 0 aromatic heterocycles. The fraction of sp³-hybridized carbons (Fsp3) is 0.0625. The van der Waals surface area contributed by atoms with Gasteiger partial charge in [0.1, 0.15) is 5.75 Å². The molecule has 0 aliphatic heterocycles. The van der Waals surface area contributed by atoms with Gasteiger partial charge in [0.2, 0.25) is 0 Å². The van der Waals surface area contributed by atoms with E-state index in [0.29, 0.717) is 22.4 Å². The molecule has 0 amide bonds. The molecular weight excluding hydrogens is 260 g/mol. The van der Waals surface area contributed by atoms with E-state index in [1.807, 2.05) is 36.4 Å². The molecule has 2 rings (SSSR count). The molecule has 2 aromatic carbocycles. The molecule has 0 bridgehead atoms. The molecule has 0 unspecified atom stereocenters. The number of allylic oxidation sites excluding steroid dienone is 1. The van der Waals surface area contributed by atoms with E-state index >= 15 is 0 Å². The number of ketones is 1. The van der Waals surface area contributed by atoms with Gasteiger partial charge in [0.15, 0.2) is 5.78 Å². The molecule has 0 fully saturated rings. The van der Waals surface area contributed by atoms with Crippen molar-refractivity contribution in [2.75, 3.05) is 7.11 Å². The number of carbonyl (C=O) groups is 1. The Bertz CT molecular complexity index is 603. The minimum atomic E-state index is -0.125. The molecule has 0 heterocycles. The maximum Gasteiger partial charge on any atom is 0.194 e. The summed E-state index contributed by atoms with van der Waals surface area (Å²) in [5.41, 5.74) is 3.01. The van der Waals surface area contributed by atoms with Crippen molar-refractivity contribution in [2.45, 2.75) is 0 Å². The minimum Gasteiger partial charge on any atom is -0.496 e. The predicted octanol–water partition coefficient (Wildman–Crippen LogP) is 4.16. The number of benzene rings is 2. The van der Waals surface area contributed by atoms with Crippen molar-refractivity contribution >= 4 is 23.0 Å². The number of Topliss-reactive ketones (excluding diaryl/α,β-unsaturated/α-hetero) is 1. The zero-order valence-electron chi connectivity index (χ0n) is 10.5. The van der Waals surface area contributed by atoms with E-state index in [1.165, 1.54) is 5.54 Å². The highest BCUT2D eigenvalue weighted by atomic mass is 35.5. The molecule has 2 aromatic rings. The number of methoxy groups -OCH3 is 1. The molecule has 96 valence electrons. The van der Waals surface area contributed by atoms with E-state index in [0.717, 1.165) is 0 Å². The van der Waals surface area contributed by atoms with Gasteiger partial charge in [0, 0.05) is 22.2 Å². The molecule has 0 aliphatic rings. The zero-order chi connectivity index (χ0) is 13.7. The SMILES string of the molecule is COc1ccccc1/C(=C\Cl)C(=O)c1ccccc1. The number of para-hydroxylation sites is 1. The summed E-state index contributed by atoms with van der Waals surface area (Å²) in [4.78, 5) is 12.4. The normalized spacial score (nSPS) is 11.2. The maximum absolute atomic E-state index is 12.4. The lowest BCUT2D eigenvalue weighted by Gasteiger charge is -2.10. The first kappa shape index (κ1) is 13.4. The van der Waals surface area contributed by atoms with E-state index in [2.05, 4.69) is 0 Å². The Morgan fingerprint density at radius 2 is 1.68 bits per heavy atom. The first-order valence-corrected chi connectivity index (χ1v) is 6.25. The van der Waals surface area contributed by atoms with E-state index in [9.17, 15) is 4.79 Å². The van der Waals surface area contributed by atoms with Crippen LogP contribution < -0.4 is 4.74 Å². The molecule has 19 heavy (non-hydrogen) atoms. The molecule has 0 N–H and O–H groups in total. The fourth-order valence-electron chi connectivity index (χ4n) is 1.84. The Balaban J connectivity index is 2.44. The van der Waals surface area contributed by atoms with Gasteiger partial charge in [-0.2, -0.15) is 0 Å². The average Bonchev–Trinajstić information content (AvgIpc) is 2.49. The summed E-state index contributed by atoms with van der Waals surface area (Å²) < 4.78 is 5.26. The Kier molecular flexibility index (Phi) is 4.37. The zero-order valence-corrected chi connectivity index (χ0v) is 11.2. The largest absolute Gasteiger partial charge is 0.496 e. The van der Waals surface area contributed by atoms with Gasteiger partial charge in [-0.25, -0.2) is 0 Å². The summed E-state index contributed by atoms with van der Waals surface area (Å²) in [7, 11) is 1.57. The molecule has 0 atom stereocenters. The van der Waals surface area contributed by atoms with Crippen LogP contribution in [-0.2, 0) is 0 Å². The summed E-state index contributed by atoms with van der Waals surface area (Å²) in [5, 5.41) is 0. The Labute approximate surface area is 117 Å². The van der Waals surface area contributed by atoms with Gasteiger partial charge in [-0.1, -0.05) is 60.1 Å². The molecule has 0 spiro atoms. The molecule has 0 aliphatic carbocycles. The second-order valence-corrected chi connectivity index (χ2v) is 4.14. The van der Waals surface area contributed by atoms with Gasteiger partial charge in [-0.05, 0) is 6.07 Å². The van der Waals surface area contributed by atoms with Gasteiger partial charge in [0.25, 0.3) is 0 Å². The highest BCUT2D eigenvalue weighted by Crippen LogP contribution is 2.28. The van der Waals surface area contributed by atoms with Crippen molar-refractivity contribution in [3.05, 3.63) is 71.3 Å². The van der Waals surface area contributed by atoms with E-state index in [1.54, 1.807) is 25.3 Å². The van der Waals surface area contributed by atoms with Crippen LogP contribution >= 0.6 is 11.6 Å². The van der Waals surface area contributed by atoms with Crippen molar-refractivity contribution in [3.8, 4) is 5.75 Å². The van der Waals surface area contributed by atoms with Crippen molar-refractivity contribution in [2.24, 2.45) is 0 Å². The summed E-state index contributed by atoms with van der Waals surface area (Å²) in [6.45, 7) is 0. The molecule has 0 saturated carbocycles. The molecule has 0 radical (unpaired) electrons. The van der Waals surface area contributed by atoms with Crippen molar-refractivity contribution < 1.29 is 9.53 Å². The average molecular weight is 273 g/mol. The Morgan fingerprint density at radius 1 is 1.05 bits per heavy atom. The quantitative estimate of drug-likeness (QED) is 0.617. The second-order valence-electron chi connectivity index (χ2n) is 3.92. The third-order valence-corrected chi connectivity index (χ3v) is 3.01. The third kappa shape index (κ3) is 2.85. The lowest BCUT2D eigenvalue weighted by Crippen LogP contribution is -2.03. The molecule has 3 heteroatoms. The van der Waals surface area contributed by atoms with Crippen LogP contribution in [0, 0.1) is 0 Å². The Morgan fingerprint density at radius 3 is 2.32 bits per heavy atom. The van der Waals surface area contributed by atoms with E-state index in [4.69, 9.17) is 16.3 Å². The smallest absolute Gasteiger partial charge is 0.194 e. The van der Waals surface area contributed by atoms with Crippen LogP contribution in [0.3, 0.4) is 0 Å². The van der Waals surface area contributed by atoms with Crippen LogP contribution in [0.1, 0.15) is 15.9 Å². The van der Waals surface area contributed by atoms with Crippen molar-refractivity contribution in [1.29, 1.82) is 0 Å². The summed E-state index contributed by atoms with van der Waals surface area (Å²) in [6, 6.07) is 16.3. The van der Waals surface area contributed by atoms with Crippen LogP contribution in [0.2, 0.25) is 0 Å². The van der Waals surface area contributed by atoms with Crippen molar-refractivity contribution in [3.63, 3.8) is 0 Å². The number of hydrogen-bond acceptors (Lipinski definition) is 2. The lowest BCUT2D eigenvalue weighted by molar-refractivity contribution is 0.105. The van der Waals surface area contributed by atoms with Crippen LogP contribution in [-0.4, -0.2) is 12.9 Å². The van der Waals surface area contributed by atoms with Gasteiger partial charge in [-0.15, -0.1) is 0 Å². The highest BCUT2D eigenvalue weighted by Gasteiger charge is 2.16. The maximum atomic E-state index is 12.4. The Hall–Kier alpha value is -2.06. The molecular formula is C16H13ClO2. The first-order valence-electron chi connectivity index (χ1n) is 5.81. The monoisotopic (exact) mass is 272 g/mol. The molecule has 0 saturated heterocycles. The highest BCUT2D eigenvalue weighted by molar-refractivity contribution is 6.39. The van der Waals surface area contributed by atoms with Gasteiger partial charge in [-0.3, -0.25) is 4.79 Å². The summed E-state index contributed by atoms with van der Waals surface area (Å²) in [6.07, 6.45) is 0. The van der Waals surface area contributed by atoms with Gasteiger partial charge in [0.05, 0.1) is 7.11 Å². The lowest BCUT2D eigenvalue weighted by atomic mass is 9.97. The summed E-state index contributed by atoms with van der Waals surface area (Å²) >= 11 is 5.84. The second kappa shape index (κ2) is 6.21. The van der Waals surface area contributed by atoms with Gasteiger partial charge < -0.3 is 4.74 Å². The number of hydrogen-bond donors (Lipinski definition) is 0. The third-order valence-electron chi connectivity index (χ3n) is 2.79. The fourth-order valence-corrected chi connectivity index (χ4v) is 2.06. The number of rotatable bonds is 4. The topological polar surface area (TPSA) is 26.3 Å². The number of ether oxygens (including phenoxy) is 1. The molecule has 2 nitrogen and oxygen atoms in total. The first-order chi connectivity index (χ1) is 9.27. The van der Waals surface area contributed by atoms with E-state index < -0.39 is 0 Å². The predicted molar refractivity (Wildman–Crippen MR) is 77.6 cm³/mol. The standard InChI is InChI=1S/C16H13ClO2/c1-19-15-10-6-5-9-13(15)14(11-17)16(18)12-7-3-2-4-8-12/h2-11H,1H3/b14-11+. The van der Waals surface area contributed by atoms with Crippen LogP contribution in [0.5, 0.6) is 5.75 Å². The van der Waals surface area contributed by atoms with Crippen LogP contribution in [0.25, 0.3) is 5.57 Å². The van der Waals surface area contributed by atoms with Gasteiger partial charge >= 0.3 is 0 Å². The van der Waals surface area contributed by atoms with Crippen molar-refractivity contribution in [1.82, 2.24) is 0 Å². The number of halogens is 1. The minimum absolute atomic E-state index is 0.125. The van der Waals surface area contributed by atoms with Crippen LogP contribution in [0.4, 0.5) is 0 Å². The summed E-state index contributed by atoms with van der Waals surface area (Å²) in [5.74, 6) is 0.499. The van der Waals surface area contributed by atoms with E-state index in [-0.39, 0.29) is 5.78 Å². The number of carbonyl (C=O) groups excluding carboxylic acids is 1. The van der Waals surface area contributed by atoms with Crippen LogP contribution in [0.15, 0.2) is 60.1 Å².